The highest BCUT2D eigenvalue weighted by atomic mass is 15.1. The first-order valence-corrected chi connectivity index (χ1v) is 6.46. The predicted octanol–water partition coefficient (Wildman–Crippen LogP) is 3.13. The van der Waals surface area contributed by atoms with Crippen LogP contribution in [0.5, 0.6) is 0 Å². The number of anilines is 1. The van der Waals surface area contributed by atoms with E-state index in [9.17, 15) is 0 Å². The van der Waals surface area contributed by atoms with Crippen molar-refractivity contribution in [1.82, 2.24) is 14.5 Å². The molecular weight excluding hydrogens is 248 g/mol. The molecule has 0 aliphatic rings. The Balaban J connectivity index is 2.15. The molecule has 3 aromatic rings. The number of hydrogen-bond acceptors (Lipinski definition) is 3. The third-order valence-electron chi connectivity index (χ3n) is 3.54. The molecule has 0 amide bonds. The lowest BCUT2D eigenvalue weighted by Gasteiger charge is -2.11. The highest BCUT2D eigenvalue weighted by molar-refractivity contribution is 5.73. The minimum Gasteiger partial charge on any atom is -0.398 e. The first-order valence-electron chi connectivity index (χ1n) is 6.46. The molecule has 1 aromatic carbocycles. The van der Waals surface area contributed by atoms with Crippen molar-refractivity contribution in [2.45, 2.75) is 13.8 Å². The van der Waals surface area contributed by atoms with Gasteiger partial charge in [0.25, 0.3) is 0 Å². The van der Waals surface area contributed by atoms with Gasteiger partial charge < -0.3 is 5.73 Å². The van der Waals surface area contributed by atoms with Gasteiger partial charge in [0.15, 0.2) is 0 Å². The first-order chi connectivity index (χ1) is 9.66. The second kappa shape index (κ2) is 4.81. The summed E-state index contributed by atoms with van der Waals surface area (Å²) in [5, 5.41) is 0. The van der Waals surface area contributed by atoms with Gasteiger partial charge in [0, 0.05) is 29.3 Å². The van der Waals surface area contributed by atoms with E-state index in [1.165, 1.54) is 11.1 Å². The molecular formula is C16H16N4. The average Bonchev–Trinajstić information content (AvgIpc) is 2.91. The average molecular weight is 264 g/mol. The molecule has 0 atom stereocenters. The van der Waals surface area contributed by atoms with Gasteiger partial charge in [-0.3, -0.25) is 9.55 Å². The Hall–Kier alpha value is -2.62. The van der Waals surface area contributed by atoms with Crippen LogP contribution >= 0.6 is 0 Å². The number of imidazole rings is 1. The smallest absolute Gasteiger partial charge is 0.0997 e. The number of nitrogen functional groups attached to an aromatic ring is 1. The largest absolute Gasteiger partial charge is 0.398 e. The first kappa shape index (κ1) is 12.4. The molecule has 0 radical (unpaired) electrons. The van der Waals surface area contributed by atoms with Crippen LogP contribution in [-0.4, -0.2) is 14.5 Å². The maximum Gasteiger partial charge on any atom is 0.0997 e. The molecule has 2 heterocycles. The van der Waals surface area contributed by atoms with E-state index in [0.29, 0.717) is 5.69 Å². The summed E-state index contributed by atoms with van der Waals surface area (Å²) in [6.07, 6.45) is 7.06. The van der Waals surface area contributed by atoms with E-state index in [4.69, 9.17) is 5.73 Å². The highest BCUT2D eigenvalue weighted by Gasteiger charge is 2.10. The molecule has 20 heavy (non-hydrogen) atoms. The van der Waals surface area contributed by atoms with Gasteiger partial charge in [-0.2, -0.15) is 0 Å². The molecule has 100 valence electrons. The second-order valence-corrected chi connectivity index (χ2v) is 4.88. The lowest BCUT2D eigenvalue weighted by atomic mass is 10.1. The lowest BCUT2D eigenvalue weighted by Crippen LogP contribution is -1.99. The zero-order chi connectivity index (χ0) is 14.1. The monoisotopic (exact) mass is 264 g/mol. The molecule has 2 aromatic heterocycles. The van der Waals surface area contributed by atoms with Gasteiger partial charge in [0.2, 0.25) is 0 Å². The minimum atomic E-state index is 0.700. The maximum atomic E-state index is 6.03. The molecule has 0 fully saturated rings. The SMILES string of the molecule is Cc1ccc(-n2cncc2-c2cnccc2N)cc1C. The van der Waals surface area contributed by atoms with Gasteiger partial charge in [-0.15, -0.1) is 0 Å². The van der Waals surface area contributed by atoms with E-state index in [0.717, 1.165) is 16.9 Å². The van der Waals surface area contributed by atoms with E-state index in [2.05, 4.69) is 42.0 Å². The number of aromatic nitrogens is 3. The number of nitrogens with zero attached hydrogens (tertiary/aromatic N) is 3. The Kier molecular flexibility index (Phi) is 2.99. The number of pyridine rings is 1. The van der Waals surface area contributed by atoms with Crippen molar-refractivity contribution in [3.05, 3.63) is 60.3 Å². The van der Waals surface area contributed by atoms with Crippen LogP contribution < -0.4 is 5.73 Å². The molecule has 0 aliphatic heterocycles. The van der Waals surface area contributed by atoms with E-state index < -0.39 is 0 Å². The summed E-state index contributed by atoms with van der Waals surface area (Å²) in [6, 6.07) is 8.14. The summed E-state index contributed by atoms with van der Waals surface area (Å²) in [7, 11) is 0. The Bertz CT molecular complexity index is 759. The fourth-order valence-corrected chi connectivity index (χ4v) is 2.19. The summed E-state index contributed by atoms with van der Waals surface area (Å²) < 4.78 is 2.03. The molecule has 3 rings (SSSR count). The zero-order valence-electron chi connectivity index (χ0n) is 11.5. The summed E-state index contributed by atoms with van der Waals surface area (Å²) in [6.45, 7) is 4.21. The van der Waals surface area contributed by atoms with Crippen LogP contribution in [0.2, 0.25) is 0 Å². The normalized spacial score (nSPS) is 10.7. The van der Waals surface area contributed by atoms with Crippen LogP contribution in [0, 0.1) is 13.8 Å². The third kappa shape index (κ3) is 2.05. The highest BCUT2D eigenvalue weighted by Crippen LogP contribution is 2.27. The van der Waals surface area contributed by atoms with Crippen molar-refractivity contribution in [3.8, 4) is 16.9 Å². The van der Waals surface area contributed by atoms with Gasteiger partial charge in [-0.1, -0.05) is 6.07 Å². The lowest BCUT2D eigenvalue weighted by molar-refractivity contribution is 1.05. The van der Waals surface area contributed by atoms with Crippen LogP contribution in [0.4, 0.5) is 5.69 Å². The van der Waals surface area contributed by atoms with Gasteiger partial charge in [0.1, 0.15) is 0 Å². The van der Waals surface area contributed by atoms with Gasteiger partial charge in [-0.05, 0) is 43.2 Å². The van der Waals surface area contributed by atoms with E-state index in [1.807, 2.05) is 10.8 Å². The van der Waals surface area contributed by atoms with Crippen LogP contribution in [0.15, 0.2) is 49.2 Å². The molecule has 2 N–H and O–H groups in total. The van der Waals surface area contributed by atoms with Crippen LogP contribution in [0.3, 0.4) is 0 Å². The number of hydrogen-bond donors (Lipinski definition) is 1. The number of rotatable bonds is 2. The molecule has 0 bridgehead atoms. The van der Waals surface area contributed by atoms with Crippen molar-refractivity contribution in [1.29, 1.82) is 0 Å². The predicted molar refractivity (Wildman–Crippen MR) is 80.7 cm³/mol. The van der Waals surface area contributed by atoms with Crippen molar-refractivity contribution >= 4 is 5.69 Å². The standard InChI is InChI=1S/C16H16N4/c1-11-3-4-13(7-12(11)2)20-10-19-9-16(20)14-8-18-6-5-15(14)17/h3-10H,1-2H3,(H2,17,18). The molecule has 4 heteroatoms. The van der Waals surface area contributed by atoms with Gasteiger partial charge >= 0.3 is 0 Å². The molecule has 0 spiro atoms. The Morgan fingerprint density at radius 2 is 1.85 bits per heavy atom. The summed E-state index contributed by atoms with van der Waals surface area (Å²) in [5.41, 5.74) is 12.2. The quantitative estimate of drug-likeness (QED) is 0.773. The third-order valence-corrected chi connectivity index (χ3v) is 3.54. The van der Waals surface area contributed by atoms with Crippen LogP contribution in [-0.2, 0) is 0 Å². The Morgan fingerprint density at radius 1 is 1.00 bits per heavy atom. The van der Waals surface area contributed by atoms with Gasteiger partial charge in [0.05, 0.1) is 18.2 Å². The van der Waals surface area contributed by atoms with Crippen molar-refractivity contribution in [2.24, 2.45) is 0 Å². The maximum absolute atomic E-state index is 6.03. The topological polar surface area (TPSA) is 56.7 Å². The van der Waals surface area contributed by atoms with Crippen LogP contribution in [0.25, 0.3) is 16.9 Å². The van der Waals surface area contributed by atoms with E-state index >= 15 is 0 Å². The van der Waals surface area contributed by atoms with Crippen molar-refractivity contribution in [3.63, 3.8) is 0 Å². The molecule has 4 nitrogen and oxygen atoms in total. The molecule has 0 saturated heterocycles. The zero-order valence-corrected chi connectivity index (χ0v) is 11.5. The fourth-order valence-electron chi connectivity index (χ4n) is 2.19. The van der Waals surface area contributed by atoms with E-state index in [1.54, 1.807) is 24.8 Å². The van der Waals surface area contributed by atoms with Gasteiger partial charge in [-0.25, -0.2) is 4.98 Å². The number of aryl methyl sites for hydroxylation is 2. The summed E-state index contributed by atoms with van der Waals surface area (Å²) in [4.78, 5) is 8.39. The Labute approximate surface area is 117 Å². The van der Waals surface area contributed by atoms with Crippen LogP contribution in [0.1, 0.15) is 11.1 Å². The summed E-state index contributed by atoms with van der Waals surface area (Å²) >= 11 is 0. The minimum absolute atomic E-state index is 0.700. The number of nitrogens with two attached hydrogens (primary N) is 1. The van der Waals surface area contributed by atoms with Crippen molar-refractivity contribution < 1.29 is 0 Å². The molecule has 0 aliphatic carbocycles. The molecule has 0 saturated carbocycles. The Morgan fingerprint density at radius 3 is 2.60 bits per heavy atom. The number of benzene rings is 1. The fraction of sp³-hybridized carbons (Fsp3) is 0.125. The molecule has 0 unspecified atom stereocenters. The summed E-state index contributed by atoms with van der Waals surface area (Å²) in [5.74, 6) is 0. The second-order valence-electron chi connectivity index (χ2n) is 4.88. The van der Waals surface area contributed by atoms with E-state index in [-0.39, 0.29) is 0 Å². The van der Waals surface area contributed by atoms with Crippen molar-refractivity contribution in [2.75, 3.05) is 5.73 Å².